The highest BCUT2D eigenvalue weighted by atomic mass is 16.5. The normalized spacial score (nSPS) is 14.4. The zero-order valence-corrected chi connectivity index (χ0v) is 14.3. The van der Waals surface area contributed by atoms with E-state index in [-0.39, 0.29) is 18.2 Å². The van der Waals surface area contributed by atoms with E-state index in [9.17, 15) is 4.79 Å². The Labute approximate surface area is 153 Å². The van der Waals surface area contributed by atoms with E-state index in [1.54, 1.807) is 11.1 Å². The highest BCUT2D eigenvalue weighted by Crippen LogP contribution is 2.28. The zero-order valence-electron chi connectivity index (χ0n) is 14.3. The van der Waals surface area contributed by atoms with Crippen LogP contribution in [0.5, 0.6) is 0 Å². The van der Waals surface area contributed by atoms with Gasteiger partial charge in [0.25, 0.3) is 0 Å². The number of hydrogen-bond donors (Lipinski definition) is 0. The van der Waals surface area contributed by atoms with Crippen molar-refractivity contribution in [2.24, 2.45) is 0 Å². The van der Waals surface area contributed by atoms with Gasteiger partial charge < -0.3 is 13.9 Å². The molecule has 1 saturated heterocycles. The molecule has 0 aliphatic carbocycles. The molecule has 0 N–H and O–H groups in total. The SMILES string of the molecule is O=C(Cc1noc2ccccc12)N1CC(c2nc(-c3ccccn3)no2)C1. The van der Waals surface area contributed by atoms with Crippen LogP contribution in [0.1, 0.15) is 17.5 Å². The molecular weight excluding hydrogens is 346 g/mol. The first-order valence-corrected chi connectivity index (χ1v) is 8.64. The third-order valence-electron chi connectivity index (χ3n) is 4.69. The van der Waals surface area contributed by atoms with E-state index < -0.39 is 0 Å². The van der Waals surface area contributed by atoms with Crippen LogP contribution in [-0.2, 0) is 11.2 Å². The van der Waals surface area contributed by atoms with E-state index >= 15 is 0 Å². The smallest absolute Gasteiger partial charge is 0.233 e. The molecule has 1 amide bonds. The van der Waals surface area contributed by atoms with Crippen molar-refractivity contribution in [3.8, 4) is 11.5 Å². The van der Waals surface area contributed by atoms with Gasteiger partial charge in [-0.2, -0.15) is 4.98 Å². The van der Waals surface area contributed by atoms with Gasteiger partial charge in [-0.1, -0.05) is 28.5 Å². The Bertz CT molecular complexity index is 1100. The zero-order chi connectivity index (χ0) is 18.2. The number of nitrogens with zero attached hydrogens (tertiary/aromatic N) is 5. The fourth-order valence-electron chi connectivity index (χ4n) is 3.16. The average Bonchev–Trinajstić information content (AvgIpc) is 3.29. The van der Waals surface area contributed by atoms with Gasteiger partial charge in [0.15, 0.2) is 5.58 Å². The molecule has 4 aromatic rings. The number of carbonyl (C=O) groups is 1. The summed E-state index contributed by atoms with van der Waals surface area (Å²) >= 11 is 0. The lowest BCUT2D eigenvalue weighted by molar-refractivity contribution is -0.135. The maximum absolute atomic E-state index is 12.5. The first-order chi connectivity index (χ1) is 13.3. The summed E-state index contributed by atoms with van der Waals surface area (Å²) in [6.07, 6.45) is 1.90. The molecule has 8 heteroatoms. The number of benzene rings is 1. The lowest BCUT2D eigenvalue weighted by Gasteiger charge is -2.37. The summed E-state index contributed by atoms with van der Waals surface area (Å²) in [5, 5.41) is 8.87. The van der Waals surface area contributed by atoms with Gasteiger partial charge in [0, 0.05) is 24.7 Å². The lowest BCUT2D eigenvalue weighted by atomic mass is 9.99. The van der Waals surface area contributed by atoms with Crippen LogP contribution in [0.15, 0.2) is 57.7 Å². The van der Waals surface area contributed by atoms with E-state index in [2.05, 4.69) is 20.3 Å². The Morgan fingerprint density at radius 2 is 1.93 bits per heavy atom. The van der Waals surface area contributed by atoms with Crippen molar-refractivity contribution in [3.05, 3.63) is 60.2 Å². The highest BCUT2D eigenvalue weighted by molar-refractivity contribution is 5.86. The second-order valence-electron chi connectivity index (χ2n) is 6.47. The summed E-state index contributed by atoms with van der Waals surface area (Å²) < 4.78 is 10.6. The minimum Gasteiger partial charge on any atom is -0.356 e. The third kappa shape index (κ3) is 2.84. The molecule has 0 radical (unpaired) electrons. The van der Waals surface area contributed by atoms with E-state index in [4.69, 9.17) is 9.05 Å². The summed E-state index contributed by atoms with van der Waals surface area (Å²) in [5.41, 5.74) is 2.02. The maximum Gasteiger partial charge on any atom is 0.233 e. The van der Waals surface area contributed by atoms with Gasteiger partial charge in [-0.3, -0.25) is 9.78 Å². The van der Waals surface area contributed by atoms with Gasteiger partial charge in [-0.25, -0.2) is 0 Å². The van der Waals surface area contributed by atoms with Crippen LogP contribution in [0, 0.1) is 0 Å². The number of rotatable bonds is 4. The van der Waals surface area contributed by atoms with Crippen molar-refractivity contribution in [2.45, 2.75) is 12.3 Å². The third-order valence-corrected chi connectivity index (χ3v) is 4.69. The Morgan fingerprint density at radius 1 is 1.07 bits per heavy atom. The van der Waals surface area contributed by atoms with Crippen LogP contribution in [0.3, 0.4) is 0 Å². The van der Waals surface area contributed by atoms with E-state index in [1.807, 2.05) is 42.5 Å². The minimum atomic E-state index is 0.00904. The molecule has 4 heterocycles. The van der Waals surface area contributed by atoms with Crippen molar-refractivity contribution >= 4 is 16.9 Å². The van der Waals surface area contributed by atoms with Crippen LogP contribution in [0.4, 0.5) is 0 Å². The molecule has 0 bridgehead atoms. The number of para-hydroxylation sites is 1. The van der Waals surface area contributed by atoms with Crippen molar-refractivity contribution < 1.29 is 13.8 Å². The first-order valence-electron chi connectivity index (χ1n) is 8.64. The topological polar surface area (TPSA) is 98.2 Å². The van der Waals surface area contributed by atoms with Gasteiger partial charge in [0.2, 0.25) is 17.6 Å². The average molecular weight is 361 g/mol. The van der Waals surface area contributed by atoms with Gasteiger partial charge in [-0.05, 0) is 24.3 Å². The number of amides is 1. The summed E-state index contributed by atoms with van der Waals surface area (Å²) in [7, 11) is 0. The molecule has 8 nitrogen and oxygen atoms in total. The number of aromatic nitrogens is 4. The molecule has 134 valence electrons. The molecule has 3 aromatic heterocycles. The predicted octanol–water partition coefficient (Wildman–Crippen LogP) is 2.44. The number of likely N-dealkylation sites (tertiary alicyclic amines) is 1. The summed E-state index contributed by atoms with van der Waals surface area (Å²) in [6, 6.07) is 13.1. The number of carbonyl (C=O) groups excluding carboxylic acids is 1. The Balaban J connectivity index is 1.23. The fraction of sp³-hybridized carbons (Fsp3) is 0.211. The quantitative estimate of drug-likeness (QED) is 0.550. The van der Waals surface area contributed by atoms with Gasteiger partial charge in [0.1, 0.15) is 11.4 Å². The van der Waals surface area contributed by atoms with E-state index in [0.29, 0.717) is 41.8 Å². The summed E-state index contributed by atoms with van der Waals surface area (Å²) in [6.45, 7) is 1.11. The number of fused-ring (bicyclic) bond motifs is 1. The minimum absolute atomic E-state index is 0.00904. The van der Waals surface area contributed by atoms with Crippen LogP contribution >= 0.6 is 0 Å². The number of pyridine rings is 1. The van der Waals surface area contributed by atoms with Gasteiger partial charge >= 0.3 is 0 Å². The molecule has 1 fully saturated rings. The summed E-state index contributed by atoms with van der Waals surface area (Å²) in [4.78, 5) is 22.9. The van der Waals surface area contributed by atoms with Crippen molar-refractivity contribution in [1.29, 1.82) is 0 Å². The van der Waals surface area contributed by atoms with Crippen LogP contribution in [-0.4, -0.2) is 44.2 Å². The lowest BCUT2D eigenvalue weighted by Crippen LogP contribution is -2.49. The standard InChI is InChI=1S/C19H15N5O3/c25-17(9-15-13-5-1-2-7-16(13)26-22-15)24-10-12(11-24)19-21-18(23-27-19)14-6-3-4-8-20-14/h1-8,12H,9-11H2. The largest absolute Gasteiger partial charge is 0.356 e. The molecule has 0 atom stereocenters. The maximum atomic E-state index is 12.5. The molecule has 0 unspecified atom stereocenters. The first kappa shape index (κ1) is 15.7. The molecular formula is C19H15N5O3. The van der Waals surface area contributed by atoms with Crippen LogP contribution < -0.4 is 0 Å². The Morgan fingerprint density at radius 3 is 2.78 bits per heavy atom. The van der Waals surface area contributed by atoms with Crippen molar-refractivity contribution in [1.82, 2.24) is 25.2 Å². The number of hydrogen-bond acceptors (Lipinski definition) is 7. The second kappa shape index (κ2) is 6.31. The molecule has 0 spiro atoms. The van der Waals surface area contributed by atoms with E-state index in [0.717, 1.165) is 5.39 Å². The molecule has 1 aliphatic rings. The van der Waals surface area contributed by atoms with Crippen molar-refractivity contribution in [2.75, 3.05) is 13.1 Å². The molecule has 1 aliphatic heterocycles. The molecule has 5 rings (SSSR count). The molecule has 0 saturated carbocycles. The monoisotopic (exact) mass is 361 g/mol. The van der Waals surface area contributed by atoms with Crippen LogP contribution in [0.25, 0.3) is 22.5 Å². The van der Waals surface area contributed by atoms with Gasteiger partial charge in [-0.15, -0.1) is 0 Å². The van der Waals surface area contributed by atoms with Gasteiger partial charge in [0.05, 0.1) is 12.3 Å². The van der Waals surface area contributed by atoms with Crippen molar-refractivity contribution in [3.63, 3.8) is 0 Å². The van der Waals surface area contributed by atoms with Crippen LogP contribution in [0.2, 0.25) is 0 Å². The van der Waals surface area contributed by atoms with E-state index in [1.165, 1.54) is 0 Å². The predicted molar refractivity (Wildman–Crippen MR) is 94.6 cm³/mol. The highest BCUT2D eigenvalue weighted by Gasteiger charge is 2.36. The molecule has 1 aromatic carbocycles. The fourth-order valence-corrected chi connectivity index (χ4v) is 3.16. The summed E-state index contributed by atoms with van der Waals surface area (Å²) in [5.74, 6) is 1.05. The molecule has 27 heavy (non-hydrogen) atoms. The Kier molecular flexibility index (Phi) is 3.67. The second-order valence-corrected chi connectivity index (χ2v) is 6.47. The Hall–Kier alpha value is -3.55.